The van der Waals surface area contributed by atoms with Crippen molar-refractivity contribution in [3.63, 3.8) is 0 Å². The second-order valence-corrected chi connectivity index (χ2v) is 21.2. The van der Waals surface area contributed by atoms with Crippen LogP contribution in [0.25, 0.3) is 65.3 Å². The van der Waals surface area contributed by atoms with E-state index in [1.807, 2.05) is 0 Å². The van der Waals surface area contributed by atoms with Crippen LogP contribution < -0.4 is 20.2 Å². The molecule has 11 aromatic rings. The minimum Gasteiger partial charge on any atom is -0.310 e. The molecule has 288 valence electrons. The highest BCUT2D eigenvalue weighted by molar-refractivity contribution is 7.04. The molecule has 1 aliphatic heterocycles. The van der Waals surface area contributed by atoms with E-state index in [0.29, 0.717) is 0 Å². The Hall–Kier alpha value is -7.46. The summed E-state index contributed by atoms with van der Waals surface area (Å²) in [5.74, 6) is 0. The fourth-order valence-corrected chi connectivity index (χ4v) is 13.8. The van der Waals surface area contributed by atoms with Crippen molar-refractivity contribution in [3.8, 4) is 22.3 Å². The summed E-state index contributed by atoms with van der Waals surface area (Å²) in [4.78, 5) is 4.91. The molecule has 0 unspecified atom stereocenters. The summed E-state index contributed by atoms with van der Waals surface area (Å²) < 4.78 is 0. The zero-order chi connectivity index (χ0) is 40.7. The number of benzene rings is 11. The van der Waals surface area contributed by atoms with E-state index in [1.165, 1.54) is 87.1 Å². The van der Waals surface area contributed by atoms with Gasteiger partial charge in [0.1, 0.15) is 8.07 Å². The second-order valence-electron chi connectivity index (χ2n) is 16.9. The highest BCUT2D eigenvalue weighted by Gasteiger charge is 2.40. The summed E-state index contributed by atoms with van der Waals surface area (Å²) in [6.07, 6.45) is 0. The van der Waals surface area contributed by atoms with Crippen LogP contribution in [0.5, 0.6) is 0 Å². The van der Waals surface area contributed by atoms with Crippen molar-refractivity contribution in [3.05, 3.63) is 218 Å². The molecule has 0 aromatic heterocycles. The number of anilines is 6. The molecule has 12 rings (SSSR count). The van der Waals surface area contributed by atoms with Crippen LogP contribution >= 0.6 is 0 Å². The molecule has 11 aromatic carbocycles. The molecule has 0 N–H and O–H groups in total. The zero-order valence-corrected chi connectivity index (χ0v) is 35.2. The van der Waals surface area contributed by atoms with Gasteiger partial charge in [0, 0.05) is 33.5 Å². The molecule has 1 heterocycles. The number of para-hydroxylation sites is 2. The second kappa shape index (κ2) is 13.8. The molecule has 0 bridgehead atoms. The van der Waals surface area contributed by atoms with Crippen molar-refractivity contribution < 1.29 is 0 Å². The highest BCUT2D eigenvalue weighted by Crippen LogP contribution is 2.48. The van der Waals surface area contributed by atoms with E-state index < -0.39 is 8.07 Å². The fourth-order valence-electron chi connectivity index (χ4n) is 10.4. The van der Waals surface area contributed by atoms with Crippen LogP contribution in [0, 0.1) is 0 Å². The summed E-state index contributed by atoms with van der Waals surface area (Å²) in [6, 6.07) is 80.8. The third-order valence-corrected chi connectivity index (χ3v) is 16.7. The number of nitrogens with zero attached hydrogens (tertiary/aromatic N) is 2. The third-order valence-electron chi connectivity index (χ3n) is 13.1. The molecule has 0 radical (unpaired) electrons. The van der Waals surface area contributed by atoms with Crippen molar-refractivity contribution in [2.45, 2.75) is 13.1 Å². The first-order chi connectivity index (χ1) is 30.0. The molecule has 2 nitrogen and oxygen atoms in total. The Balaban J connectivity index is 1.09. The van der Waals surface area contributed by atoms with E-state index in [0.717, 1.165) is 22.7 Å². The van der Waals surface area contributed by atoms with Gasteiger partial charge in [-0.3, -0.25) is 0 Å². The normalized spacial score (nSPS) is 12.9. The number of hydrogen-bond acceptors (Lipinski definition) is 2. The summed E-state index contributed by atoms with van der Waals surface area (Å²) in [7, 11) is -2.14. The van der Waals surface area contributed by atoms with Gasteiger partial charge in [0.15, 0.2) is 0 Å². The molecule has 1 aliphatic rings. The molecule has 3 heteroatoms. The first kappa shape index (κ1) is 35.5. The van der Waals surface area contributed by atoms with Crippen LogP contribution in [0.3, 0.4) is 0 Å². The monoisotopic (exact) mass is 794 g/mol. The maximum absolute atomic E-state index is 2.54. The van der Waals surface area contributed by atoms with E-state index in [9.17, 15) is 0 Å². The zero-order valence-electron chi connectivity index (χ0n) is 34.2. The van der Waals surface area contributed by atoms with Gasteiger partial charge in [0.05, 0.1) is 11.4 Å². The Morgan fingerprint density at radius 1 is 0.328 bits per heavy atom. The quantitative estimate of drug-likeness (QED) is 0.117. The van der Waals surface area contributed by atoms with Crippen molar-refractivity contribution in [1.82, 2.24) is 0 Å². The minimum atomic E-state index is -2.14. The molecular formula is C58H42N2Si. The maximum atomic E-state index is 2.54. The van der Waals surface area contributed by atoms with Gasteiger partial charge in [-0.05, 0) is 126 Å². The van der Waals surface area contributed by atoms with Crippen LogP contribution in [0.15, 0.2) is 218 Å². The van der Waals surface area contributed by atoms with Gasteiger partial charge in [-0.1, -0.05) is 171 Å². The van der Waals surface area contributed by atoms with Gasteiger partial charge < -0.3 is 9.80 Å². The SMILES string of the molecule is C[Si]1(C)c2cc(N(c3ccc4ccccc4c3)c3ccc4ccc5c(N(c6ccccc6)c6ccccc6)ccc6ccc3c4c65)ccc2-c2cccc(-c3ccccc3)c21. The Morgan fingerprint density at radius 2 is 0.820 bits per heavy atom. The van der Waals surface area contributed by atoms with Crippen LogP contribution in [0.4, 0.5) is 34.1 Å². The Kier molecular flexibility index (Phi) is 8.03. The van der Waals surface area contributed by atoms with Crippen molar-refractivity contribution in [1.29, 1.82) is 0 Å². The average Bonchev–Trinajstić information content (AvgIpc) is 3.55. The first-order valence-electron chi connectivity index (χ1n) is 21.3. The van der Waals surface area contributed by atoms with E-state index in [4.69, 9.17) is 0 Å². The molecule has 0 saturated heterocycles. The van der Waals surface area contributed by atoms with Gasteiger partial charge in [0.2, 0.25) is 0 Å². The van der Waals surface area contributed by atoms with Crippen molar-refractivity contribution >= 4 is 95.7 Å². The largest absolute Gasteiger partial charge is 0.310 e. The fraction of sp³-hybridized carbons (Fsp3) is 0.0345. The van der Waals surface area contributed by atoms with Crippen LogP contribution in [0.1, 0.15) is 0 Å². The molecule has 0 atom stereocenters. The molecule has 0 aliphatic carbocycles. The lowest BCUT2D eigenvalue weighted by Crippen LogP contribution is -2.50. The average molecular weight is 795 g/mol. The lowest BCUT2D eigenvalue weighted by atomic mass is 9.91. The summed E-state index contributed by atoms with van der Waals surface area (Å²) >= 11 is 0. The van der Waals surface area contributed by atoms with Gasteiger partial charge in [-0.2, -0.15) is 0 Å². The topological polar surface area (TPSA) is 6.48 Å². The highest BCUT2D eigenvalue weighted by atomic mass is 28.3. The van der Waals surface area contributed by atoms with E-state index in [1.54, 1.807) is 0 Å². The number of hydrogen-bond donors (Lipinski definition) is 0. The molecule has 61 heavy (non-hydrogen) atoms. The van der Waals surface area contributed by atoms with Gasteiger partial charge in [-0.15, -0.1) is 0 Å². The van der Waals surface area contributed by atoms with Crippen LogP contribution in [0.2, 0.25) is 13.1 Å². The lowest BCUT2D eigenvalue weighted by molar-refractivity contribution is 1.30. The smallest absolute Gasteiger partial charge is 0.114 e. The lowest BCUT2D eigenvalue weighted by Gasteiger charge is -2.30. The predicted octanol–water partition coefficient (Wildman–Crippen LogP) is 15.1. The van der Waals surface area contributed by atoms with Crippen LogP contribution in [-0.2, 0) is 0 Å². The Morgan fingerprint density at radius 3 is 1.46 bits per heavy atom. The Labute approximate surface area is 357 Å². The summed E-state index contributed by atoms with van der Waals surface area (Å²) in [5.41, 5.74) is 12.3. The molecule has 0 fully saturated rings. The first-order valence-corrected chi connectivity index (χ1v) is 24.3. The molecule has 0 spiro atoms. The number of fused-ring (bicyclic) bond motifs is 4. The molecule has 0 saturated carbocycles. The Bertz CT molecular complexity index is 3410. The van der Waals surface area contributed by atoms with Gasteiger partial charge in [0.25, 0.3) is 0 Å². The minimum absolute atomic E-state index is 1.13. The van der Waals surface area contributed by atoms with Gasteiger partial charge in [-0.25, -0.2) is 0 Å². The summed E-state index contributed by atoms with van der Waals surface area (Å²) in [6.45, 7) is 5.08. The van der Waals surface area contributed by atoms with Crippen LogP contribution in [-0.4, -0.2) is 8.07 Å². The number of rotatable bonds is 7. The predicted molar refractivity (Wildman–Crippen MR) is 265 cm³/mol. The van der Waals surface area contributed by atoms with E-state index in [-0.39, 0.29) is 0 Å². The summed E-state index contributed by atoms with van der Waals surface area (Å²) in [5, 5.41) is 13.0. The standard InChI is InChI=1S/C58H42N2Si/c1-61(2)55-38-47(31-34-49(55)50-24-14-23-48(58(50)61)40-16-6-3-7-17-40)60(46-30-25-39-15-12-13-18-43(39)37-46)54-36-29-42-26-32-51-53(35-28-41-27-33-52(54)57(42)56(41)51)59(44-19-8-4-9-20-44)45-21-10-5-11-22-45/h3-38H,1-2H3. The van der Waals surface area contributed by atoms with E-state index in [2.05, 4.69) is 241 Å². The van der Waals surface area contributed by atoms with Crippen molar-refractivity contribution in [2.75, 3.05) is 9.80 Å². The van der Waals surface area contributed by atoms with Gasteiger partial charge >= 0.3 is 0 Å². The molecular weight excluding hydrogens is 753 g/mol. The van der Waals surface area contributed by atoms with Crippen molar-refractivity contribution in [2.24, 2.45) is 0 Å². The van der Waals surface area contributed by atoms with E-state index >= 15 is 0 Å². The third kappa shape index (κ3) is 5.55. The maximum Gasteiger partial charge on any atom is 0.114 e. The molecule has 0 amide bonds.